The lowest BCUT2D eigenvalue weighted by Gasteiger charge is -2.11. The van der Waals surface area contributed by atoms with Gasteiger partial charge < -0.3 is 10.1 Å². The number of carbonyl (C=O) groups is 1. The highest BCUT2D eigenvalue weighted by Gasteiger charge is 2.09. The average Bonchev–Trinajstić information content (AvgIpc) is 2.36. The SMILES string of the molecule is CC[C@@H](C)NC(=O)COc1cccc([N+](=O)[O-])c1. The fraction of sp³-hybridized carbons (Fsp3) is 0.417. The molecule has 1 atom stereocenters. The minimum atomic E-state index is -0.508. The Morgan fingerprint density at radius 3 is 2.89 bits per heavy atom. The van der Waals surface area contributed by atoms with Crippen molar-refractivity contribution in [3.8, 4) is 5.75 Å². The fourth-order valence-electron chi connectivity index (χ4n) is 1.25. The maximum atomic E-state index is 11.4. The third kappa shape index (κ3) is 4.40. The third-order valence-corrected chi connectivity index (χ3v) is 2.42. The summed E-state index contributed by atoms with van der Waals surface area (Å²) in [6.07, 6.45) is 0.836. The molecule has 6 nitrogen and oxygen atoms in total. The van der Waals surface area contributed by atoms with Crippen molar-refractivity contribution < 1.29 is 14.5 Å². The van der Waals surface area contributed by atoms with Gasteiger partial charge in [-0.2, -0.15) is 0 Å². The van der Waals surface area contributed by atoms with Crippen LogP contribution in [0.1, 0.15) is 20.3 Å². The molecule has 18 heavy (non-hydrogen) atoms. The van der Waals surface area contributed by atoms with E-state index in [0.29, 0.717) is 5.75 Å². The molecule has 0 bridgehead atoms. The van der Waals surface area contributed by atoms with Crippen LogP contribution in [0.4, 0.5) is 5.69 Å². The van der Waals surface area contributed by atoms with E-state index < -0.39 is 4.92 Å². The number of nitro benzene ring substituents is 1. The van der Waals surface area contributed by atoms with E-state index in [1.807, 2.05) is 13.8 Å². The van der Waals surface area contributed by atoms with Crippen LogP contribution in [0.2, 0.25) is 0 Å². The van der Waals surface area contributed by atoms with Gasteiger partial charge in [0.15, 0.2) is 6.61 Å². The Bertz CT molecular complexity index is 434. The number of nitrogens with one attached hydrogen (secondary N) is 1. The molecule has 0 fully saturated rings. The van der Waals surface area contributed by atoms with Crippen molar-refractivity contribution in [2.75, 3.05) is 6.61 Å². The van der Waals surface area contributed by atoms with Crippen LogP contribution in [0.15, 0.2) is 24.3 Å². The van der Waals surface area contributed by atoms with E-state index in [9.17, 15) is 14.9 Å². The number of amides is 1. The molecule has 0 saturated heterocycles. The lowest BCUT2D eigenvalue weighted by molar-refractivity contribution is -0.384. The zero-order valence-corrected chi connectivity index (χ0v) is 10.4. The number of ether oxygens (including phenoxy) is 1. The van der Waals surface area contributed by atoms with Crippen LogP contribution in [-0.2, 0) is 4.79 Å². The lowest BCUT2D eigenvalue weighted by Crippen LogP contribution is -2.35. The van der Waals surface area contributed by atoms with Gasteiger partial charge in [0.1, 0.15) is 5.75 Å². The maximum absolute atomic E-state index is 11.4. The van der Waals surface area contributed by atoms with E-state index in [1.54, 1.807) is 6.07 Å². The van der Waals surface area contributed by atoms with E-state index in [-0.39, 0.29) is 24.2 Å². The first kappa shape index (κ1) is 14.0. The van der Waals surface area contributed by atoms with Gasteiger partial charge in [-0.05, 0) is 19.4 Å². The van der Waals surface area contributed by atoms with Crippen molar-refractivity contribution in [3.05, 3.63) is 34.4 Å². The highest BCUT2D eigenvalue weighted by molar-refractivity contribution is 5.77. The number of hydrogen-bond donors (Lipinski definition) is 1. The largest absolute Gasteiger partial charge is 0.484 e. The third-order valence-electron chi connectivity index (χ3n) is 2.42. The smallest absolute Gasteiger partial charge is 0.273 e. The molecule has 0 aliphatic heterocycles. The van der Waals surface area contributed by atoms with Gasteiger partial charge in [0.2, 0.25) is 0 Å². The fourth-order valence-corrected chi connectivity index (χ4v) is 1.25. The van der Waals surface area contributed by atoms with E-state index in [4.69, 9.17) is 4.74 Å². The molecule has 0 radical (unpaired) electrons. The van der Waals surface area contributed by atoms with Crippen molar-refractivity contribution in [1.82, 2.24) is 5.32 Å². The monoisotopic (exact) mass is 252 g/mol. The standard InChI is InChI=1S/C12H16N2O4/c1-3-9(2)13-12(15)8-18-11-6-4-5-10(7-11)14(16)17/h4-7,9H,3,8H2,1-2H3,(H,13,15)/t9-/m1/s1. The molecule has 1 amide bonds. The second-order valence-corrected chi connectivity index (χ2v) is 3.92. The normalized spacial score (nSPS) is 11.7. The molecule has 98 valence electrons. The summed E-state index contributed by atoms with van der Waals surface area (Å²) in [7, 11) is 0. The number of nitro groups is 1. The topological polar surface area (TPSA) is 81.5 Å². The van der Waals surface area contributed by atoms with Gasteiger partial charge in [-0.25, -0.2) is 0 Å². The van der Waals surface area contributed by atoms with Crippen LogP contribution in [-0.4, -0.2) is 23.5 Å². The Morgan fingerprint density at radius 1 is 1.56 bits per heavy atom. The summed E-state index contributed by atoms with van der Waals surface area (Å²) in [5, 5.41) is 13.3. The summed E-state index contributed by atoms with van der Waals surface area (Å²) in [5.74, 6) is 0.0688. The molecule has 0 aliphatic carbocycles. The summed E-state index contributed by atoms with van der Waals surface area (Å²) < 4.78 is 5.19. The van der Waals surface area contributed by atoms with E-state index in [0.717, 1.165) is 6.42 Å². The maximum Gasteiger partial charge on any atom is 0.273 e. The zero-order valence-electron chi connectivity index (χ0n) is 10.4. The number of benzene rings is 1. The first-order valence-electron chi connectivity index (χ1n) is 5.69. The second-order valence-electron chi connectivity index (χ2n) is 3.92. The number of carbonyl (C=O) groups excluding carboxylic acids is 1. The molecule has 1 rings (SSSR count). The molecule has 0 saturated carbocycles. The Labute approximate surface area is 105 Å². The quantitative estimate of drug-likeness (QED) is 0.619. The summed E-state index contributed by atoms with van der Waals surface area (Å²) in [4.78, 5) is 21.5. The predicted molar refractivity (Wildman–Crippen MR) is 66.5 cm³/mol. The van der Waals surface area contributed by atoms with Gasteiger partial charge in [0, 0.05) is 12.1 Å². The van der Waals surface area contributed by atoms with E-state index >= 15 is 0 Å². The molecule has 0 unspecified atom stereocenters. The summed E-state index contributed by atoms with van der Waals surface area (Å²) in [6, 6.07) is 5.83. The van der Waals surface area contributed by atoms with Gasteiger partial charge >= 0.3 is 0 Å². The van der Waals surface area contributed by atoms with Gasteiger partial charge in [0.05, 0.1) is 11.0 Å². The Balaban J connectivity index is 2.50. The molecular weight excluding hydrogens is 236 g/mol. The van der Waals surface area contributed by atoms with Crippen LogP contribution in [0, 0.1) is 10.1 Å². The van der Waals surface area contributed by atoms with Crippen molar-refractivity contribution in [3.63, 3.8) is 0 Å². The molecule has 0 heterocycles. The summed E-state index contributed by atoms with van der Waals surface area (Å²) >= 11 is 0. The predicted octanol–water partition coefficient (Wildman–Crippen LogP) is 1.89. The number of rotatable bonds is 6. The van der Waals surface area contributed by atoms with Gasteiger partial charge in [0.25, 0.3) is 11.6 Å². The first-order valence-corrected chi connectivity index (χ1v) is 5.69. The van der Waals surface area contributed by atoms with Crippen molar-refractivity contribution in [2.45, 2.75) is 26.3 Å². The number of nitrogens with zero attached hydrogens (tertiary/aromatic N) is 1. The minimum absolute atomic E-state index is 0.0603. The van der Waals surface area contributed by atoms with E-state index in [2.05, 4.69) is 5.32 Å². The van der Waals surface area contributed by atoms with Crippen LogP contribution >= 0.6 is 0 Å². The Morgan fingerprint density at radius 2 is 2.28 bits per heavy atom. The van der Waals surface area contributed by atoms with E-state index in [1.165, 1.54) is 18.2 Å². The lowest BCUT2D eigenvalue weighted by atomic mass is 10.2. The first-order chi connectivity index (χ1) is 8.52. The van der Waals surface area contributed by atoms with Gasteiger partial charge in [-0.3, -0.25) is 14.9 Å². The molecule has 1 aromatic carbocycles. The second kappa shape index (κ2) is 6.58. The van der Waals surface area contributed by atoms with Gasteiger partial charge in [-0.1, -0.05) is 13.0 Å². The van der Waals surface area contributed by atoms with Crippen LogP contribution in [0.3, 0.4) is 0 Å². The highest BCUT2D eigenvalue weighted by atomic mass is 16.6. The van der Waals surface area contributed by atoms with Crippen molar-refractivity contribution >= 4 is 11.6 Å². The molecule has 0 aliphatic rings. The van der Waals surface area contributed by atoms with Crippen LogP contribution < -0.4 is 10.1 Å². The number of non-ortho nitro benzene ring substituents is 1. The summed E-state index contributed by atoms with van der Waals surface area (Å²) in [6.45, 7) is 3.71. The van der Waals surface area contributed by atoms with Crippen molar-refractivity contribution in [2.24, 2.45) is 0 Å². The Hall–Kier alpha value is -2.11. The number of hydrogen-bond acceptors (Lipinski definition) is 4. The van der Waals surface area contributed by atoms with Crippen LogP contribution in [0.5, 0.6) is 5.75 Å². The average molecular weight is 252 g/mol. The molecular formula is C12H16N2O4. The van der Waals surface area contributed by atoms with Crippen LogP contribution in [0.25, 0.3) is 0 Å². The highest BCUT2D eigenvalue weighted by Crippen LogP contribution is 2.18. The Kier molecular flexibility index (Phi) is 5.10. The molecule has 1 N–H and O–H groups in total. The zero-order chi connectivity index (χ0) is 13.5. The molecule has 0 aromatic heterocycles. The minimum Gasteiger partial charge on any atom is -0.484 e. The summed E-state index contributed by atoms with van der Waals surface area (Å²) in [5.41, 5.74) is -0.0603. The van der Waals surface area contributed by atoms with Gasteiger partial charge in [-0.15, -0.1) is 0 Å². The molecule has 0 spiro atoms. The molecule has 1 aromatic rings. The molecule has 6 heteroatoms. The van der Waals surface area contributed by atoms with Crippen molar-refractivity contribution in [1.29, 1.82) is 0 Å².